The molecule has 0 bridgehead atoms. The van der Waals surface area contributed by atoms with Gasteiger partial charge in [0.25, 0.3) is 5.91 Å². The molecular formula is C20H28N4O. The molecule has 1 aromatic carbocycles. The van der Waals surface area contributed by atoms with Crippen LogP contribution >= 0.6 is 0 Å². The van der Waals surface area contributed by atoms with E-state index in [4.69, 9.17) is 0 Å². The number of amides is 1. The van der Waals surface area contributed by atoms with Gasteiger partial charge in [-0.05, 0) is 57.9 Å². The summed E-state index contributed by atoms with van der Waals surface area (Å²) < 4.78 is 2.02. The largest absolute Gasteiger partial charge is 0.320 e. The van der Waals surface area contributed by atoms with Gasteiger partial charge in [-0.3, -0.25) is 9.48 Å². The number of benzene rings is 1. The smallest absolute Gasteiger partial charge is 0.276 e. The van der Waals surface area contributed by atoms with Crippen molar-refractivity contribution in [2.75, 3.05) is 11.9 Å². The van der Waals surface area contributed by atoms with E-state index in [1.165, 1.54) is 18.5 Å². The van der Waals surface area contributed by atoms with Crippen LogP contribution in [0, 0.1) is 0 Å². The third kappa shape index (κ3) is 4.10. The van der Waals surface area contributed by atoms with Crippen molar-refractivity contribution in [2.45, 2.75) is 58.5 Å². The van der Waals surface area contributed by atoms with Gasteiger partial charge >= 0.3 is 0 Å². The number of anilines is 1. The summed E-state index contributed by atoms with van der Waals surface area (Å²) >= 11 is 0. The highest BCUT2D eigenvalue weighted by molar-refractivity contribution is 6.03. The maximum Gasteiger partial charge on any atom is 0.276 e. The molecule has 1 heterocycles. The molecule has 0 aliphatic heterocycles. The highest BCUT2D eigenvalue weighted by atomic mass is 16.2. The minimum Gasteiger partial charge on any atom is -0.320 e. The number of carbonyl (C=O) groups excluding carboxylic acids is 1. The first-order valence-corrected chi connectivity index (χ1v) is 9.10. The molecule has 5 nitrogen and oxygen atoms in total. The van der Waals surface area contributed by atoms with Crippen molar-refractivity contribution in [3.05, 3.63) is 47.3 Å². The van der Waals surface area contributed by atoms with Crippen molar-refractivity contribution in [3.63, 3.8) is 0 Å². The minimum absolute atomic E-state index is 0.126. The van der Waals surface area contributed by atoms with Crippen molar-refractivity contribution < 1.29 is 4.79 Å². The summed E-state index contributed by atoms with van der Waals surface area (Å²) in [6, 6.07) is 9.86. The monoisotopic (exact) mass is 340 g/mol. The fraction of sp³-hybridized carbons (Fsp3) is 0.500. The lowest BCUT2D eigenvalue weighted by Gasteiger charge is -2.22. The predicted octanol–water partition coefficient (Wildman–Crippen LogP) is 3.88. The zero-order valence-electron chi connectivity index (χ0n) is 15.6. The molecule has 1 amide bonds. The maximum atomic E-state index is 12.8. The fourth-order valence-corrected chi connectivity index (χ4v) is 2.96. The fourth-order valence-electron chi connectivity index (χ4n) is 2.96. The standard InChI is InChI=1S/C20H28N4O/c1-5-21-13-15-8-6-7-9-16(15)22-19(25)17-12-18(14-10-11-14)24(23-17)20(2,3)4/h6-9,12,14,21H,5,10-11,13H2,1-4H3,(H,22,25). The molecule has 0 radical (unpaired) electrons. The van der Waals surface area contributed by atoms with E-state index in [1.807, 2.05) is 35.0 Å². The summed E-state index contributed by atoms with van der Waals surface area (Å²) in [5.41, 5.74) is 3.47. The Morgan fingerprint density at radius 3 is 2.64 bits per heavy atom. The summed E-state index contributed by atoms with van der Waals surface area (Å²) in [4.78, 5) is 12.8. The van der Waals surface area contributed by atoms with E-state index in [9.17, 15) is 4.79 Å². The van der Waals surface area contributed by atoms with E-state index in [1.54, 1.807) is 0 Å². The second-order valence-corrected chi connectivity index (χ2v) is 7.70. The summed E-state index contributed by atoms with van der Waals surface area (Å²) in [7, 11) is 0. The van der Waals surface area contributed by atoms with Gasteiger partial charge in [0.15, 0.2) is 5.69 Å². The van der Waals surface area contributed by atoms with Gasteiger partial charge < -0.3 is 10.6 Å². The maximum absolute atomic E-state index is 12.8. The average molecular weight is 340 g/mol. The Bertz CT molecular complexity index is 753. The van der Waals surface area contributed by atoms with E-state index < -0.39 is 0 Å². The van der Waals surface area contributed by atoms with E-state index in [0.29, 0.717) is 11.6 Å². The first-order valence-electron chi connectivity index (χ1n) is 9.10. The van der Waals surface area contributed by atoms with Crippen LogP contribution < -0.4 is 10.6 Å². The van der Waals surface area contributed by atoms with Crippen molar-refractivity contribution in [3.8, 4) is 0 Å². The second kappa shape index (κ2) is 7.00. The topological polar surface area (TPSA) is 58.9 Å². The van der Waals surface area contributed by atoms with Crippen molar-refractivity contribution in [1.29, 1.82) is 0 Å². The minimum atomic E-state index is -0.145. The molecule has 3 rings (SSSR count). The molecular weight excluding hydrogens is 312 g/mol. The van der Waals surface area contributed by atoms with Crippen molar-refractivity contribution in [1.82, 2.24) is 15.1 Å². The molecule has 1 aliphatic rings. The van der Waals surface area contributed by atoms with E-state index >= 15 is 0 Å². The molecule has 0 atom stereocenters. The van der Waals surface area contributed by atoms with Crippen molar-refractivity contribution in [2.24, 2.45) is 0 Å². The first-order chi connectivity index (χ1) is 11.9. The SMILES string of the molecule is CCNCc1ccccc1NC(=O)c1cc(C2CC2)n(C(C)(C)C)n1. The number of hydrogen-bond acceptors (Lipinski definition) is 3. The molecule has 1 fully saturated rings. The molecule has 25 heavy (non-hydrogen) atoms. The van der Waals surface area contributed by atoms with Crippen LogP contribution in [0.4, 0.5) is 5.69 Å². The van der Waals surface area contributed by atoms with Gasteiger partial charge in [0, 0.05) is 23.8 Å². The predicted molar refractivity (Wildman–Crippen MR) is 101 cm³/mol. The lowest BCUT2D eigenvalue weighted by molar-refractivity contribution is 0.102. The number of rotatable bonds is 6. The normalized spacial score (nSPS) is 14.6. The van der Waals surface area contributed by atoms with E-state index in [-0.39, 0.29) is 11.4 Å². The Hall–Kier alpha value is -2.14. The second-order valence-electron chi connectivity index (χ2n) is 7.70. The van der Waals surface area contributed by atoms with Gasteiger partial charge in [-0.15, -0.1) is 0 Å². The van der Waals surface area contributed by atoms with Crippen LogP contribution in [-0.4, -0.2) is 22.2 Å². The molecule has 0 saturated heterocycles. The Balaban J connectivity index is 1.83. The summed E-state index contributed by atoms with van der Waals surface area (Å²) in [5, 5.41) is 11.0. The third-order valence-corrected chi connectivity index (χ3v) is 4.43. The number of hydrogen-bond donors (Lipinski definition) is 2. The van der Waals surface area contributed by atoms with Gasteiger partial charge in [0.1, 0.15) is 0 Å². The summed E-state index contributed by atoms with van der Waals surface area (Å²) in [6.07, 6.45) is 2.38. The molecule has 1 aliphatic carbocycles. The van der Waals surface area contributed by atoms with Crippen LogP contribution in [0.15, 0.2) is 30.3 Å². The number of aromatic nitrogens is 2. The van der Waals surface area contributed by atoms with Crippen LogP contribution in [0.1, 0.15) is 68.2 Å². The van der Waals surface area contributed by atoms with Gasteiger partial charge in [0.05, 0.1) is 5.54 Å². The van der Waals surface area contributed by atoms with Gasteiger partial charge in [-0.25, -0.2) is 0 Å². The summed E-state index contributed by atoms with van der Waals surface area (Å²) in [6.45, 7) is 10.1. The molecule has 1 saturated carbocycles. The quantitative estimate of drug-likeness (QED) is 0.839. The zero-order chi connectivity index (χ0) is 18.0. The van der Waals surface area contributed by atoms with Crippen LogP contribution in [0.25, 0.3) is 0 Å². The molecule has 5 heteroatoms. The number of nitrogens with zero attached hydrogens (tertiary/aromatic N) is 2. The van der Waals surface area contributed by atoms with Gasteiger partial charge in [-0.2, -0.15) is 5.10 Å². The average Bonchev–Trinajstić information content (AvgIpc) is 3.30. The third-order valence-electron chi connectivity index (χ3n) is 4.43. The van der Waals surface area contributed by atoms with E-state index in [0.717, 1.165) is 24.3 Å². The van der Waals surface area contributed by atoms with Crippen LogP contribution in [-0.2, 0) is 12.1 Å². The molecule has 2 N–H and O–H groups in total. The Morgan fingerprint density at radius 2 is 2.00 bits per heavy atom. The molecule has 2 aromatic rings. The lowest BCUT2D eigenvalue weighted by Crippen LogP contribution is -2.26. The van der Waals surface area contributed by atoms with Gasteiger partial charge in [-0.1, -0.05) is 25.1 Å². The highest BCUT2D eigenvalue weighted by Gasteiger charge is 2.32. The van der Waals surface area contributed by atoms with Crippen molar-refractivity contribution >= 4 is 11.6 Å². The van der Waals surface area contributed by atoms with E-state index in [2.05, 4.69) is 43.4 Å². The molecule has 0 unspecified atom stereocenters. The number of para-hydroxylation sites is 1. The molecule has 0 spiro atoms. The van der Waals surface area contributed by atoms with Crippen LogP contribution in [0.5, 0.6) is 0 Å². The zero-order valence-corrected chi connectivity index (χ0v) is 15.6. The van der Waals surface area contributed by atoms with Gasteiger partial charge in [0.2, 0.25) is 0 Å². The Kier molecular flexibility index (Phi) is 4.95. The first kappa shape index (κ1) is 17.7. The lowest BCUT2D eigenvalue weighted by atomic mass is 10.1. The Morgan fingerprint density at radius 1 is 1.28 bits per heavy atom. The molecule has 1 aromatic heterocycles. The number of carbonyl (C=O) groups is 1. The Labute approximate surface area is 149 Å². The summed E-state index contributed by atoms with van der Waals surface area (Å²) in [5.74, 6) is 0.406. The van der Waals surface area contributed by atoms with Crippen LogP contribution in [0.2, 0.25) is 0 Å². The number of nitrogens with one attached hydrogen (secondary N) is 2. The highest BCUT2D eigenvalue weighted by Crippen LogP contribution is 2.41. The molecule has 134 valence electrons. The van der Waals surface area contributed by atoms with Crippen LogP contribution in [0.3, 0.4) is 0 Å².